The Kier molecular flexibility index (Phi) is 5.83. The number of hydrogen-bond donors (Lipinski definition) is 1. The maximum Gasteiger partial charge on any atom is 0.234 e. The van der Waals surface area contributed by atoms with Crippen molar-refractivity contribution < 1.29 is 13.2 Å². The van der Waals surface area contributed by atoms with Crippen LogP contribution >= 0.6 is 23.1 Å². The van der Waals surface area contributed by atoms with Crippen LogP contribution in [0.3, 0.4) is 0 Å². The van der Waals surface area contributed by atoms with Crippen molar-refractivity contribution in [1.82, 2.24) is 10.2 Å². The Labute approximate surface area is 161 Å². The van der Waals surface area contributed by atoms with E-state index in [0.717, 1.165) is 21.6 Å². The first-order chi connectivity index (χ1) is 12.4. The fourth-order valence-corrected chi connectivity index (χ4v) is 5.56. The van der Waals surface area contributed by atoms with Gasteiger partial charge in [-0.1, -0.05) is 23.1 Å². The molecule has 0 atom stereocenters. The number of nitrogens with one attached hydrogen (secondary N) is 1. The van der Waals surface area contributed by atoms with Crippen molar-refractivity contribution in [3.8, 4) is 0 Å². The van der Waals surface area contributed by atoms with Gasteiger partial charge in [0.1, 0.15) is 0 Å². The molecule has 2 heterocycles. The van der Waals surface area contributed by atoms with Crippen molar-refractivity contribution in [2.75, 3.05) is 34.2 Å². The molecule has 26 heavy (non-hydrogen) atoms. The van der Waals surface area contributed by atoms with Crippen molar-refractivity contribution >= 4 is 49.7 Å². The Hall–Kier alpha value is -1.65. The highest BCUT2D eigenvalue weighted by molar-refractivity contribution is 8.01. The van der Waals surface area contributed by atoms with Gasteiger partial charge in [-0.3, -0.25) is 9.10 Å². The van der Waals surface area contributed by atoms with Crippen LogP contribution in [0.25, 0.3) is 0 Å². The number of nitrogens with zero attached hydrogens (tertiary/aromatic N) is 3. The number of carbonyl (C=O) groups is 1. The zero-order valence-electron chi connectivity index (χ0n) is 14.6. The van der Waals surface area contributed by atoms with Gasteiger partial charge in [0.05, 0.1) is 17.2 Å². The molecule has 0 spiro atoms. The van der Waals surface area contributed by atoms with Crippen molar-refractivity contribution in [3.63, 3.8) is 0 Å². The minimum Gasteiger partial charge on any atom is -0.360 e. The van der Waals surface area contributed by atoms with E-state index in [9.17, 15) is 13.2 Å². The maximum absolute atomic E-state index is 12.5. The van der Waals surface area contributed by atoms with E-state index in [4.69, 9.17) is 0 Å². The maximum atomic E-state index is 12.5. The lowest BCUT2D eigenvalue weighted by Gasteiger charge is -2.18. The molecule has 1 aromatic heterocycles. The Bertz CT molecular complexity index is 911. The van der Waals surface area contributed by atoms with Gasteiger partial charge in [0.15, 0.2) is 10.1 Å². The summed E-state index contributed by atoms with van der Waals surface area (Å²) in [5.74, 6) is 0.339. The number of sulfonamides is 1. The van der Waals surface area contributed by atoms with Crippen molar-refractivity contribution in [1.29, 1.82) is 0 Å². The summed E-state index contributed by atoms with van der Waals surface area (Å²) in [6, 6.07) is 5.25. The predicted octanol–water partition coefficient (Wildman–Crippen LogP) is 2.66. The molecule has 0 unspecified atom stereocenters. The van der Waals surface area contributed by atoms with Gasteiger partial charge in [0.2, 0.25) is 15.2 Å². The SMILES string of the molecule is CCNc1nnc(SCC(=O)c2ccc3c(c2)CCN3S(=O)(=O)CC)s1. The van der Waals surface area contributed by atoms with Gasteiger partial charge in [-0.05, 0) is 44.0 Å². The second-order valence-corrected chi connectivity index (χ2v) is 10.1. The molecular formula is C16H20N4O3S3. The first-order valence-corrected chi connectivity index (χ1v) is 11.7. The van der Waals surface area contributed by atoms with Gasteiger partial charge < -0.3 is 5.32 Å². The molecule has 0 saturated carbocycles. The molecule has 1 aliphatic heterocycles. The Balaban J connectivity index is 1.67. The van der Waals surface area contributed by atoms with Crippen LogP contribution in [0, 0.1) is 0 Å². The highest BCUT2D eigenvalue weighted by atomic mass is 32.2. The third kappa shape index (κ3) is 4.02. The molecule has 7 nitrogen and oxygen atoms in total. The molecule has 2 aromatic rings. The molecule has 0 saturated heterocycles. The van der Waals surface area contributed by atoms with Crippen LogP contribution < -0.4 is 9.62 Å². The summed E-state index contributed by atoms with van der Waals surface area (Å²) in [7, 11) is -3.27. The lowest BCUT2D eigenvalue weighted by molar-refractivity contribution is 0.102. The summed E-state index contributed by atoms with van der Waals surface area (Å²) >= 11 is 2.79. The van der Waals surface area contributed by atoms with E-state index >= 15 is 0 Å². The van der Waals surface area contributed by atoms with E-state index in [1.54, 1.807) is 19.1 Å². The van der Waals surface area contributed by atoms with Gasteiger partial charge in [-0.25, -0.2) is 8.42 Å². The van der Waals surface area contributed by atoms with Crippen LogP contribution in [0.1, 0.15) is 29.8 Å². The molecule has 0 bridgehead atoms. The van der Waals surface area contributed by atoms with Crippen molar-refractivity contribution in [3.05, 3.63) is 29.3 Å². The lowest BCUT2D eigenvalue weighted by Crippen LogP contribution is -2.30. The molecule has 3 rings (SSSR count). The van der Waals surface area contributed by atoms with Gasteiger partial charge >= 0.3 is 0 Å². The fraction of sp³-hybridized carbons (Fsp3) is 0.438. The second-order valence-electron chi connectivity index (χ2n) is 5.68. The van der Waals surface area contributed by atoms with E-state index in [-0.39, 0.29) is 17.3 Å². The average molecular weight is 413 g/mol. The highest BCUT2D eigenvalue weighted by Crippen LogP contribution is 2.32. The quantitative estimate of drug-likeness (QED) is 0.526. The number of fused-ring (bicyclic) bond motifs is 1. The number of carbonyl (C=O) groups excluding carboxylic acids is 1. The minimum atomic E-state index is -3.27. The lowest BCUT2D eigenvalue weighted by atomic mass is 10.1. The molecule has 0 radical (unpaired) electrons. The summed E-state index contributed by atoms with van der Waals surface area (Å²) < 4.78 is 26.4. The Morgan fingerprint density at radius 3 is 2.88 bits per heavy atom. The van der Waals surface area contributed by atoms with E-state index in [2.05, 4.69) is 15.5 Å². The molecule has 1 N–H and O–H groups in total. The number of hydrogen-bond acceptors (Lipinski definition) is 8. The van der Waals surface area contributed by atoms with E-state index in [1.807, 2.05) is 13.0 Å². The standard InChI is InChI=1S/C16H20N4O3S3/c1-3-17-15-18-19-16(25-15)24-10-14(21)12-5-6-13-11(9-12)7-8-20(13)26(22,23)4-2/h5-6,9H,3-4,7-8,10H2,1-2H3,(H,17,18). The summed E-state index contributed by atoms with van der Waals surface area (Å²) in [6.45, 7) is 4.84. The first kappa shape index (κ1) is 19.1. The summed E-state index contributed by atoms with van der Waals surface area (Å²) in [6.07, 6.45) is 0.630. The van der Waals surface area contributed by atoms with Crippen LogP contribution in [0.4, 0.5) is 10.8 Å². The number of benzene rings is 1. The van der Waals surface area contributed by atoms with Crippen molar-refractivity contribution in [2.24, 2.45) is 0 Å². The van der Waals surface area contributed by atoms with Crippen molar-refractivity contribution in [2.45, 2.75) is 24.6 Å². The van der Waals surface area contributed by atoms with E-state index in [0.29, 0.717) is 24.2 Å². The van der Waals surface area contributed by atoms with Gasteiger partial charge in [-0.15, -0.1) is 10.2 Å². The van der Waals surface area contributed by atoms with Crippen LogP contribution in [0.15, 0.2) is 22.5 Å². The molecular weight excluding hydrogens is 392 g/mol. The Morgan fingerprint density at radius 2 is 2.15 bits per heavy atom. The van der Waals surface area contributed by atoms with Gasteiger partial charge in [0, 0.05) is 18.7 Å². The third-order valence-corrected chi connectivity index (χ3v) is 7.81. The topological polar surface area (TPSA) is 92.3 Å². The van der Waals surface area contributed by atoms with Crippen LogP contribution in [-0.2, 0) is 16.4 Å². The molecule has 1 aromatic carbocycles. The highest BCUT2D eigenvalue weighted by Gasteiger charge is 2.28. The monoisotopic (exact) mass is 412 g/mol. The third-order valence-electron chi connectivity index (χ3n) is 4.02. The summed E-state index contributed by atoms with van der Waals surface area (Å²) in [5, 5.41) is 11.9. The average Bonchev–Trinajstić information content (AvgIpc) is 3.26. The zero-order chi connectivity index (χ0) is 18.7. The van der Waals surface area contributed by atoms with Gasteiger partial charge in [0.25, 0.3) is 0 Å². The van der Waals surface area contributed by atoms with E-state index < -0.39 is 10.0 Å². The second kappa shape index (κ2) is 7.93. The normalized spacial score (nSPS) is 13.7. The number of ketones is 1. The minimum absolute atomic E-state index is 0.00482. The number of rotatable bonds is 8. The largest absolute Gasteiger partial charge is 0.360 e. The summed E-state index contributed by atoms with van der Waals surface area (Å²) in [4.78, 5) is 12.5. The van der Waals surface area contributed by atoms with Crippen LogP contribution in [0.2, 0.25) is 0 Å². The smallest absolute Gasteiger partial charge is 0.234 e. The van der Waals surface area contributed by atoms with Crippen LogP contribution in [0.5, 0.6) is 0 Å². The molecule has 1 aliphatic rings. The fourth-order valence-electron chi connectivity index (χ4n) is 2.69. The van der Waals surface area contributed by atoms with Crippen LogP contribution in [-0.4, -0.2) is 49.0 Å². The molecule has 140 valence electrons. The molecule has 0 fully saturated rings. The molecule has 0 amide bonds. The van der Waals surface area contributed by atoms with E-state index in [1.165, 1.54) is 27.4 Å². The molecule has 10 heteroatoms. The predicted molar refractivity (Wildman–Crippen MR) is 106 cm³/mol. The van der Waals surface area contributed by atoms with Gasteiger partial charge in [-0.2, -0.15) is 0 Å². The summed E-state index contributed by atoms with van der Waals surface area (Å²) in [5.41, 5.74) is 2.20. The number of aromatic nitrogens is 2. The Morgan fingerprint density at radius 1 is 1.35 bits per heavy atom. The zero-order valence-corrected chi connectivity index (χ0v) is 17.0. The molecule has 0 aliphatic carbocycles. The number of Topliss-reactive ketones (excluding diaryl/α,β-unsaturated/α-hetero) is 1. The number of thioether (sulfide) groups is 1. The first-order valence-electron chi connectivity index (χ1n) is 8.31. The number of anilines is 2.